The summed E-state index contributed by atoms with van der Waals surface area (Å²) in [6.07, 6.45) is 0. The van der Waals surface area contributed by atoms with Gasteiger partial charge >= 0.3 is 5.69 Å². The number of nitrogens with one attached hydrogen (secondary N) is 1. The number of anilines is 1. The summed E-state index contributed by atoms with van der Waals surface area (Å²) < 4.78 is 17.4. The first kappa shape index (κ1) is 21.1. The number of hydrogen-bond donors (Lipinski definition) is 1. The molecular weight excluding hydrogens is 423 g/mol. The van der Waals surface area contributed by atoms with Gasteiger partial charge in [-0.25, -0.2) is 14.2 Å². The van der Waals surface area contributed by atoms with Crippen molar-refractivity contribution in [2.45, 2.75) is 13.1 Å². The number of halogens is 1. The van der Waals surface area contributed by atoms with E-state index < -0.39 is 11.2 Å². The van der Waals surface area contributed by atoms with E-state index in [2.05, 4.69) is 9.88 Å². The van der Waals surface area contributed by atoms with Gasteiger partial charge in [-0.15, -0.1) is 0 Å². The number of rotatable bonds is 5. The van der Waals surface area contributed by atoms with Gasteiger partial charge in [0.1, 0.15) is 11.6 Å². The van der Waals surface area contributed by atoms with E-state index in [1.165, 1.54) is 10.6 Å². The summed E-state index contributed by atoms with van der Waals surface area (Å²) in [6, 6.07) is 16.7. The van der Waals surface area contributed by atoms with Gasteiger partial charge in [0.05, 0.1) is 12.2 Å². The quantitative estimate of drug-likeness (QED) is 0.505. The summed E-state index contributed by atoms with van der Waals surface area (Å²) >= 11 is 0. The van der Waals surface area contributed by atoms with Crippen LogP contribution in [0, 0.1) is 5.82 Å². The number of nitrogens with zero attached hydrogens (tertiary/aromatic N) is 5. The standard InChI is InChI=1S/C24H25FN6O2/c1-28-22-21(23(32)27-24(28)33)31(15-17-7-3-2-4-8-17)20(26-22)16-29-11-13-30(14-12-29)19-10-6-5-9-18(19)25/h2-10H,11-16H2,1H3,(H,27,32,33). The molecule has 0 saturated carbocycles. The Morgan fingerprint density at radius 2 is 1.64 bits per heavy atom. The SMILES string of the molecule is Cn1c(=O)[nH]c(=O)c2c1nc(CN1CCN(c3ccccc3F)CC1)n2Cc1ccccc1. The Hall–Kier alpha value is -3.72. The maximum absolute atomic E-state index is 14.2. The van der Waals surface area contributed by atoms with E-state index in [4.69, 9.17) is 4.98 Å². The van der Waals surface area contributed by atoms with Crippen molar-refractivity contribution in [3.8, 4) is 0 Å². The molecule has 0 unspecified atom stereocenters. The number of benzene rings is 2. The van der Waals surface area contributed by atoms with Gasteiger partial charge in [-0.3, -0.25) is 19.2 Å². The van der Waals surface area contributed by atoms with Crippen molar-refractivity contribution in [1.82, 2.24) is 24.0 Å². The molecule has 0 spiro atoms. The zero-order chi connectivity index (χ0) is 22.9. The van der Waals surface area contributed by atoms with E-state index in [9.17, 15) is 14.0 Å². The van der Waals surface area contributed by atoms with Crippen molar-refractivity contribution >= 4 is 16.9 Å². The summed E-state index contributed by atoms with van der Waals surface area (Å²) in [7, 11) is 1.61. The number of aromatic amines is 1. The molecule has 4 aromatic rings. The Balaban J connectivity index is 1.44. The minimum absolute atomic E-state index is 0.212. The number of aromatic nitrogens is 4. The minimum atomic E-state index is -0.484. The van der Waals surface area contributed by atoms with Crippen molar-refractivity contribution in [2.75, 3.05) is 31.1 Å². The van der Waals surface area contributed by atoms with Crippen molar-refractivity contribution in [1.29, 1.82) is 0 Å². The first-order chi connectivity index (χ1) is 16.0. The van der Waals surface area contributed by atoms with Gasteiger partial charge in [-0.2, -0.15) is 0 Å². The highest BCUT2D eigenvalue weighted by Gasteiger charge is 2.23. The molecule has 5 rings (SSSR count). The van der Waals surface area contributed by atoms with Crippen LogP contribution >= 0.6 is 0 Å². The molecule has 33 heavy (non-hydrogen) atoms. The van der Waals surface area contributed by atoms with E-state index in [0.29, 0.717) is 43.0 Å². The highest BCUT2D eigenvalue weighted by molar-refractivity contribution is 5.71. The predicted molar refractivity (Wildman–Crippen MR) is 125 cm³/mol. The lowest BCUT2D eigenvalue weighted by atomic mass is 10.2. The third kappa shape index (κ3) is 4.07. The zero-order valence-corrected chi connectivity index (χ0v) is 18.4. The van der Waals surface area contributed by atoms with Gasteiger partial charge in [-0.05, 0) is 17.7 Å². The smallest absolute Gasteiger partial charge is 0.329 e. The van der Waals surface area contributed by atoms with Crippen LogP contribution in [0.4, 0.5) is 10.1 Å². The number of para-hydroxylation sites is 1. The van der Waals surface area contributed by atoms with Gasteiger partial charge in [0, 0.05) is 39.8 Å². The van der Waals surface area contributed by atoms with E-state index >= 15 is 0 Å². The summed E-state index contributed by atoms with van der Waals surface area (Å²) in [6.45, 7) is 3.86. The van der Waals surface area contributed by atoms with Crippen molar-refractivity contribution in [3.63, 3.8) is 0 Å². The number of H-pyrrole nitrogens is 1. The van der Waals surface area contributed by atoms with Crippen LogP contribution in [0.2, 0.25) is 0 Å². The zero-order valence-electron chi connectivity index (χ0n) is 18.4. The summed E-state index contributed by atoms with van der Waals surface area (Å²) in [5.41, 5.74) is 1.50. The molecule has 0 atom stereocenters. The second kappa shape index (κ2) is 8.67. The molecule has 2 aromatic carbocycles. The molecule has 1 fully saturated rings. The van der Waals surface area contributed by atoms with Crippen LogP contribution in [-0.2, 0) is 20.1 Å². The first-order valence-corrected chi connectivity index (χ1v) is 11.0. The Morgan fingerprint density at radius 3 is 2.36 bits per heavy atom. The molecular formula is C24H25FN6O2. The topological polar surface area (TPSA) is 79.2 Å². The average molecular weight is 449 g/mol. The number of hydrogen-bond acceptors (Lipinski definition) is 5. The molecule has 1 aliphatic rings. The second-order valence-corrected chi connectivity index (χ2v) is 8.30. The molecule has 0 aliphatic carbocycles. The molecule has 2 aromatic heterocycles. The summed E-state index contributed by atoms with van der Waals surface area (Å²) in [4.78, 5) is 36.2. The van der Waals surface area contributed by atoms with Crippen LogP contribution in [-0.4, -0.2) is 50.2 Å². The number of piperazine rings is 1. The molecule has 9 heteroatoms. The van der Waals surface area contributed by atoms with Crippen molar-refractivity contribution in [2.24, 2.45) is 7.05 Å². The Bertz CT molecular complexity index is 1400. The molecule has 1 saturated heterocycles. The fourth-order valence-electron chi connectivity index (χ4n) is 4.39. The fraction of sp³-hybridized carbons (Fsp3) is 0.292. The van der Waals surface area contributed by atoms with Crippen LogP contribution in [0.25, 0.3) is 11.2 Å². The predicted octanol–water partition coefficient (Wildman–Crippen LogP) is 1.93. The third-order valence-electron chi connectivity index (χ3n) is 6.20. The third-order valence-corrected chi connectivity index (χ3v) is 6.20. The molecule has 0 radical (unpaired) electrons. The lowest BCUT2D eigenvalue weighted by Crippen LogP contribution is -2.46. The van der Waals surface area contributed by atoms with Crippen LogP contribution in [0.15, 0.2) is 64.2 Å². The van der Waals surface area contributed by atoms with Gasteiger partial charge < -0.3 is 9.47 Å². The average Bonchev–Trinajstić information content (AvgIpc) is 3.17. The number of aryl methyl sites for hydroxylation is 1. The van der Waals surface area contributed by atoms with Gasteiger partial charge in [0.15, 0.2) is 11.2 Å². The highest BCUT2D eigenvalue weighted by atomic mass is 19.1. The molecule has 170 valence electrons. The fourth-order valence-corrected chi connectivity index (χ4v) is 4.39. The summed E-state index contributed by atoms with van der Waals surface area (Å²) in [5.74, 6) is 0.510. The monoisotopic (exact) mass is 448 g/mol. The molecule has 8 nitrogen and oxygen atoms in total. The van der Waals surface area contributed by atoms with E-state index in [0.717, 1.165) is 24.5 Å². The minimum Gasteiger partial charge on any atom is -0.367 e. The Kier molecular flexibility index (Phi) is 5.55. The summed E-state index contributed by atoms with van der Waals surface area (Å²) in [5, 5.41) is 0. The van der Waals surface area contributed by atoms with Crippen LogP contribution in [0.3, 0.4) is 0 Å². The molecule has 0 amide bonds. The number of imidazole rings is 1. The van der Waals surface area contributed by atoms with Crippen molar-refractivity contribution in [3.05, 3.63) is 92.6 Å². The Morgan fingerprint density at radius 1 is 0.939 bits per heavy atom. The molecule has 3 heterocycles. The second-order valence-electron chi connectivity index (χ2n) is 8.30. The molecule has 1 N–H and O–H groups in total. The van der Waals surface area contributed by atoms with E-state index in [-0.39, 0.29) is 5.82 Å². The molecule has 0 bridgehead atoms. The normalized spacial score (nSPS) is 14.8. The van der Waals surface area contributed by atoms with Crippen LogP contribution in [0.5, 0.6) is 0 Å². The highest BCUT2D eigenvalue weighted by Crippen LogP contribution is 2.21. The Labute approximate surface area is 189 Å². The number of fused-ring (bicyclic) bond motifs is 1. The largest absolute Gasteiger partial charge is 0.367 e. The maximum atomic E-state index is 14.2. The van der Waals surface area contributed by atoms with Crippen LogP contribution in [0.1, 0.15) is 11.4 Å². The lowest BCUT2D eigenvalue weighted by molar-refractivity contribution is 0.241. The van der Waals surface area contributed by atoms with Crippen LogP contribution < -0.4 is 16.1 Å². The van der Waals surface area contributed by atoms with E-state index in [1.54, 1.807) is 19.2 Å². The van der Waals surface area contributed by atoms with Gasteiger partial charge in [-0.1, -0.05) is 42.5 Å². The molecule has 1 aliphatic heterocycles. The van der Waals surface area contributed by atoms with Crippen molar-refractivity contribution < 1.29 is 4.39 Å². The van der Waals surface area contributed by atoms with Gasteiger partial charge in [0.25, 0.3) is 5.56 Å². The lowest BCUT2D eigenvalue weighted by Gasteiger charge is -2.36. The van der Waals surface area contributed by atoms with E-state index in [1.807, 2.05) is 45.9 Å². The van der Waals surface area contributed by atoms with Gasteiger partial charge in [0.2, 0.25) is 0 Å². The first-order valence-electron chi connectivity index (χ1n) is 11.0. The maximum Gasteiger partial charge on any atom is 0.329 e.